The molecule has 0 aromatic carbocycles. The molecular formula is C13H10N4OS3. The van der Waals surface area contributed by atoms with Gasteiger partial charge in [-0.2, -0.15) is 0 Å². The number of aryl methyl sites for hydroxylation is 1. The van der Waals surface area contributed by atoms with Crippen LogP contribution in [0.4, 0.5) is 5.82 Å². The zero-order valence-corrected chi connectivity index (χ0v) is 13.4. The van der Waals surface area contributed by atoms with Gasteiger partial charge in [-0.1, -0.05) is 24.0 Å². The zero-order chi connectivity index (χ0) is 15.0. The molecule has 0 unspecified atom stereocenters. The lowest BCUT2D eigenvalue weighted by Crippen LogP contribution is -2.17. The SMILES string of the molecule is Cc1cnc(-c2csc(/C=C3\SC(=S)NC3=O)c2)nc1N. The van der Waals surface area contributed by atoms with Gasteiger partial charge in [-0.15, -0.1) is 11.3 Å². The van der Waals surface area contributed by atoms with Crippen LogP contribution in [0.15, 0.2) is 22.5 Å². The summed E-state index contributed by atoms with van der Waals surface area (Å²) in [5.41, 5.74) is 7.53. The molecule has 106 valence electrons. The van der Waals surface area contributed by atoms with Crippen molar-refractivity contribution in [1.29, 1.82) is 0 Å². The van der Waals surface area contributed by atoms with Gasteiger partial charge in [0.1, 0.15) is 10.1 Å². The summed E-state index contributed by atoms with van der Waals surface area (Å²) < 4.78 is 0.484. The van der Waals surface area contributed by atoms with Crippen LogP contribution in [0.5, 0.6) is 0 Å². The van der Waals surface area contributed by atoms with Gasteiger partial charge in [-0.05, 0) is 19.1 Å². The Morgan fingerprint density at radius 2 is 2.29 bits per heavy atom. The van der Waals surface area contributed by atoms with Gasteiger partial charge in [0, 0.05) is 27.6 Å². The number of nitrogen functional groups attached to an aromatic ring is 1. The first-order valence-corrected chi connectivity index (χ1v) is 8.06. The molecule has 0 spiro atoms. The number of hydrogen-bond acceptors (Lipinski definition) is 7. The van der Waals surface area contributed by atoms with Crippen LogP contribution in [0.3, 0.4) is 0 Å². The Bertz CT molecular complexity index is 781. The van der Waals surface area contributed by atoms with E-state index in [2.05, 4.69) is 15.3 Å². The predicted octanol–water partition coefficient (Wildman–Crippen LogP) is 2.58. The molecule has 0 saturated carbocycles. The van der Waals surface area contributed by atoms with Crippen LogP contribution < -0.4 is 11.1 Å². The van der Waals surface area contributed by atoms with E-state index in [1.54, 1.807) is 6.20 Å². The van der Waals surface area contributed by atoms with E-state index < -0.39 is 0 Å². The van der Waals surface area contributed by atoms with Crippen molar-refractivity contribution in [3.63, 3.8) is 0 Å². The first-order chi connectivity index (χ1) is 10.0. The molecule has 0 radical (unpaired) electrons. The minimum Gasteiger partial charge on any atom is -0.383 e. The molecule has 1 amide bonds. The second kappa shape index (κ2) is 5.55. The van der Waals surface area contributed by atoms with Crippen LogP contribution in [-0.2, 0) is 4.79 Å². The summed E-state index contributed by atoms with van der Waals surface area (Å²) in [5, 5.41) is 4.53. The fourth-order valence-electron chi connectivity index (χ4n) is 1.69. The second-order valence-electron chi connectivity index (χ2n) is 4.35. The van der Waals surface area contributed by atoms with Crippen LogP contribution in [0.2, 0.25) is 0 Å². The van der Waals surface area contributed by atoms with E-state index >= 15 is 0 Å². The topological polar surface area (TPSA) is 80.9 Å². The van der Waals surface area contributed by atoms with Gasteiger partial charge in [-0.25, -0.2) is 9.97 Å². The van der Waals surface area contributed by atoms with Gasteiger partial charge < -0.3 is 11.1 Å². The van der Waals surface area contributed by atoms with Gasteiger partial charge in [0.2, 0.25) is 0 Å². The Kier molecular flexibility index (Phi) is 3.75. The van der Waals surface area contributed by atoms with Crippen LogP contribution in [-0.4, -0.2) is 20.2 Å². The first kappa shape index (κ1) is 14.2. The maximum atomic E-state index is 11.6. The molecule has 0 bridgehead atoms. The molecule has 1 aliphatic heterocycles. The molecule has 0 aliphatic carbocycles. The van der Waals surface area contributed by atoms with Crippen molar-refractivity contribution in [3.05, 3.63) is 33.0 Å². The van der Waals surface area contributed by atoms with E-state index in [9.17, 15) is 4.79 Å². The normalized spacial score (nSPS) is 16.5. The molecule has 2 aromatic rings. The summed E-state index contributed by atoms with van der Waals surface area (Å²) in [6.45, 7) is 1.86. The van der Waals surface area contributed by atoms with E-state index in [1.165, 1.54) is 23.1 Å². The molecule has 2 aromatic heterocycles. The summed E-state index contributed by atoms with van der Waals surface area (Å²) >= 11 is 7.73. The number of nitrogens with one attached hydrogen (secondary N) is 1. The number of aromatic nitrogens is 2. The number of nitrogens with zero attached hydrogens (tertiary/aromatic N) is 2. The molecule has 21 heavy (non-hydrogen) atoms. The number of carbonyl (C=O) groups excluding carboxylic acids is 1. The molecule has 0 atom stereocenters. The van der Waals surface area contributed by atoms with Crippen molar-refractivity contribution in [1.82, 2.24) is 15.3 Å². The summed E-state index contributed by atoms with van der Waals surface area (Å²) in [4.78, 5) is 21.7. The number of nitrogens with two attached hydrogens (primary N) is 1. The number of thioether (sulfide) groups is 1. The van der Waals surface area contributed by atoms with Crippen LogP contribution in [0, 0.1) is 6.92 Å². The minimum atomic E-state index is -0.157. The molecule has 3 heterocycles. The number of amides is 1. The molecule has 1 fully saturated rings. The van der Waals surface area contributed by atoms with Gasteiger partial charge in [0.15, 0.2) is 5.82 Å². The number of anilines is 1. The molecule has 3 N–H and O–H groups in total. The molecule has 8 heteroatoms. The third kappa shape index (κ3) is 2.97. The molecular weight excluding hydrogens is 324 g/mol. The van der Waals surface area contributed by atoms with Crippen molar-refractivity contribution in [3.8, 4) is 11.4 Å². The van der Waals surface area contributed by atoms with Gasteiger partial charge in [-0.3, -0.25) is 4.79 Å². The number of thiocarbonyl (C=S) groups is 1. The van der Waals surface area contributed by atoms with Crippen molar-refractivity contribution >= 4 is 57.4 Å². The van der Waals surface area contributed by atoms with E-state index in [4.69, 9.17) is 18.0 Å². The predicted molar refractivity (Wildman–Crippen MR) is 90.8 cm³/mol. The maximum Gasteiger partial charge on any atom is 0.263 e. The number of hydrogen-bond donors (Lipinski definition) is 2. The highest BCUT2D eigenvalue weighted by molar-refractivity contribution is 8.26. The summed E-state index contributed by atoms with van der Waals surface area (Å²) in [7, 11) is 0. The van der Waals surface area contributed by atoms with E-state index in [0.29, 0.717) is 20.9 Å². The average Bonchev–Trinajstić information content (AvgIpc) is 3.01. The third-order valence-corrected chi connectivity index (χ3v) is 4.85. The first-order valence-electron chi connectivity index (χ1n) is 5.96. The third-order valence-electron chi connectivity index (χ3n) is 2.80. The van der Waals surface area contributed by atoms with Gasteiger partial charge in [0.05, 0.1) is 4.91 Å². The van der Waals surface area contributed by atoms with E-state index in [-0.39, 0.29) is 5.91 Å². The van der Waals surface area contributed by atoms with E-state index in [1.807, 2.05) is 24.4 Å². The largest absolute Gasteiger partial charge is 0.383 e. The van der Waals surface area contributed by atoms with Crippen LogP contribution >= 0.6 is 35.3 Å². The van der Waals surface area contributed by atoms with Crippen molar-refractivity contribution in [2.24, 2.45) is 0 Å². The molecule has 3 rings (SSSR count). The number of rotatable bonds is 2. The quantitative estimate of drug-likeness (QED) is 0.649. The average molecular weight is 334 g/mol. The number of carbonyl (C=O) groups is 1. The fraction of sp³-hybridized carbons (Fsp3) is 0.0769. The molecule has 1 aliphatic rings. The zero-order valence-electron chi connectivity index (χ0n) is 10.9. The molecule has 5 nitrogen and oxygen atoms in total. The summed E-state index contributed by atoms with van der Waals surface area (Å²) in [6, 6.07) is 1.93. The fourth-order valence-corrected chi connectivity index (χ4v) is 3.62. The Morgan fingerprint density at radius 3 is 2.95 bits per heavy atom. The summed E-state index contributed by atoms with van der Waals surface area (Å²) in [6.07, 6.45) is 3.51. The van der Waals surface area contributed by atoms with E-state index in [0.717, 1.165) is 16.0 Å². The lowest BCUT2D eigenvalue weighted by atomic mass is 10.2. The van der Waals surface area contributed by atoms with Gasteiger partial charge in [0.25, 0.3) is 5.91 Å². The highest BCUT2D eigenvalue weighted by Crippen LogP contribution is 2.30. The Morgan fingerprint density at radius 1 is 1.48 bits per heavy atom. The minimum absolute atomic E-state index is 0.157. The number of thiophene rings is 1. The Labute approximate surface area is 134 Å². The highest BCUT2D eigenvalue weighted by Gasteiger charge is 2.22. The highest BCUT2D eigenvalue weighted by atomic mass is 32.2. The Balaban J connectivity index is 1.90. The standard InChI is InChI=1S/C13H10N4OS3/c1-6-4-15-11(16-10(6)14)7-2-8(20-5-7)3-9-12(18)17-13(19)21-9/h2-5H,1H3,(H2,14,15,16)(H,17,18,19)/b9-3-. The molecule has 1 saturated heterocycles. The summed E-state index contributed by atoms with van der Waals surface area (Å²) in [5.74, 6) is 0.899. The van der Waals surface area contributed by atoms with Gasteiger partial charge >= 0.3 is 0 Å². The van der Waals surface area contributed by atoms with Crippen molar-refractivity contribution in [2.45, 2.75) is 6.92 Å². The van der Waals surface area contributed by atoms with Crippen molar-refractivity contribution in [2.75, 3.05) is 5.73 Å². The maximum absolute atomic E-state index is 11.6. The lowest BCUT2D eigenvalue weighted by Gasteiger charge is -2.00. The second-order valence-corrected chi connectivity index (χ2v) is 7.01. The van der Waals surface area contributed by atoms with Crippen LogP contribution in [0.25, 0.3) is 17.5 Å². The Hall–Kier alpha value is -1.77. The van der Waals surface area contributed by atoms with Crippen LogP contribution in [0.1, 0.15) is 10.4 Å². The smallest absolute Gasteiger partial charge is 0.263 e. The monoisotopic (exact) mass is 334 g/mol. The van der Waals surface area contributed by atoms with Crippen molar-refractivity contribution < 1.29 is 4.79 Å². The lowest BCUT2D eigenvalue weighted by molar-refractivity contribution is -0.115.